The van der Waals surface area contributed by atoms with Crippen LogP contribution >= 0.6 is 0 Å². The SMILES string of the molecule is c1ccc(CN2C3CC4CC2CC(C3)N4)cc1. The third kappa shape index (κ3) is 1.71. The first-order valence-electron chi connectivity index (χ1n) is 6.94. The van der Waals surface area contributed by atoms with Crippen LogP contribution in [-0.4, -0.2) is 29.1 Å². The summed E-state index contributed by atoms with van der Waals surface area (Å²) >= 11 is 0. The Balaban J connectivity index is 1.55. The zero-order valence-electron chi connectivity index (χ0n) is 10.2. The third-order valence-electron chi connectivity index (χ3n) is 4.84. The molecule has 0 saturated carbocycles. The minimum absolute atomic E-state index is 0.824. The minimum Gasteiger partial charge on any atom is -0.311 e. The fraction of sp³-hybridized carbons (Fsp3) is 0.600. The molecule has 4 heterocycles. The zero-order chi connectivity index (χ0) is 11.2. The van der Waals surface area contributed by atoms with Crippen LogP contribution in [0.1, 0.15) is 31.2 Å². The van der Waals surface area contributed by atoms with E-state index in [1.54, 1.807) is 0 Å². The maximum Gasteiger partial charge on any atom is 0.0239 e. The number of nitrogens with one attached hydrogen (secondary N) is 1. The van der Waals surface area contributed by atoms with Gasteiger partial charge in [0, 0.05) is 30.7 Å². The lowest BCUT2D eigenvalue weighted by molar-refractivity contribution is -0.0359. The second kappa shape index (κ2) is 3.82. The van der Waals surface area contributed by atoms with Crippen LogP contribution in [0.15, 0.2) is 30.3 Å². The standard InChI is InChI=1S/C15H20N2/c1-2-4-11(5-3-1)10-17-14-6-12-7-15(17)9-13(8-14)16-12/h1-5,12-16H,6-10H2. The minimum atomic E-state index is 0.824. The molecule has 0 amide bonds. The second-order valence-electron chi connectivity index (χ2n) is 5.97. The van der Waals surface area contributed by atoms with Crippen LogP contribution in [0, 0.1) is 0 Å². The van der Waals surface area contributed by atoms with Crippen LogP contribution < -0.4 is 5.32 Å². The van der Waals surface area contributed by atoms with Crippen molar-refractivity contribution in [2.75, 3.05) is 0 Å². The summed E-state index contributed by atoms with van der Waals surface area (Å²) in [5.74, 6) is 0. The van der Waals surface area contributed by atoms with Crippen molar-refractivity contribution in [2.45, 2.75) is 56.4 Å². The highest BCUT2D eigenvalue weighted by Gasteiger charge is 2.46. The van der Waals surface area contributed by atoms with E-state index in [0.717, 1.165) is 30.7 Å². The number of hydrogen-bond acceptors (Lipinski definition) is 2. The molecule has 1 N–H and O–H groups in total. The van der Waals surface area contributed by atoms with Crippen LogP contribution in [-0.2, 0) is 6.54 Å². The molecular weight excluding hydrogens is 208 g/mol. The first-order chi connectivity index (χ1) is 8.38. The molecule has 0 aliphatic carbocycles. The smallest absolute Gasteiger partial charge is 0.0239 e. The van der Waals surface area contributed by atoms with Gasteiger partial charge in [-0.15, -0.1) is 0 Å². The van der Waals surface area contributed by atoms with E-state index in [2.05, 4.69) is 40.5 Å². The van der Waals surface area contributed by atoms with Gasteiger partial charge >= 0.3 is 0 Å². The van der Waals surface area contributed by atoms with Crippen molar-refractivity contribution < 1.29 is 0 Å². The first-order valence-corrected chi connectivity index (χ1v) is 6.94. The molecule has 5 rings (SSSR count). The van der Waals surface area contributed by atoms with Crippen LogP contribution in [0.4, 0.5) is 0 Å². The summed E-state index contributed by atoms with van der Waals surface area (Å²) in [6.07, 6.45) is 5.50. The quantitative estimate of drug-likeness (QED) is 0.834. The zero-order valence-corrected chi connectivity index (χ0v) is 10.2. The Morgan fingerprint density at radius 3 is 2.12 bits per heavy atom. The van der Waals surface area contributed by atoms with E-state index in [9.17, 15) is 0 Å². The average Bonchev–Trinajstić information content (AvgIpc) is 2.34. The molecule has 1 aromatic rings. The van der Waals surface area contributed by atoms with Crippen molar-refractivity contribution in [3.8, 4) is 0 Å². The van der Waals surface area contributed by atoms with E-state index in [1.807, 2.05) is 0 Å². The molecule has 4 fully saturated rings. The lowest BCUT2D eigenvalue weighted by Crippen LogP contribution is -2.67. The van der Waals surface area contributed by atoms with Gasteiger partial charge in [-0.2, -0.15) is 0 Å². The lowest BCUT2D eigenvalue weighted by Gasteiger charge is -2.57. The fourth-order valence-electron chi connectivity index (χ4n) is 4.20. The molecule has 17 heavy (non-hydrogen) atoms. The molecule has 0 aromatic heterocycles. The molecule has 4 aliphatic rings. The van der Waals surface area contributed by atoms with E-state index in [4.69, 9.17) is 0 Å². The van der Waals surface area contributed by atoms with Crippen molar-refractivity contribution >= 4 is 0 Å². The van der Waals surface area contributed by atoms with E-state index < -0.39 is 0 Å². The average molecular weight is 228 g/mol. The van der Waals surface area contributed by atoms with Crippen LogP contribution in [0.5, 0.6) is 0 Å². The predicted molar refractivity (Wildman–Crippen MR) is 68.7 cm³/mol. The maximum atomic E-state index is 3.77. The van der Waals surface area contributed by atoms with E-state index in [-0.39, 0.29) is 0 Å². The highest BCUT2D eigenvalue weighted by molar-refractivity contribution is 5.16. The highest BCUT2D eigenvalue weighted by atomic mass is 15.3. The predicted octanol–water partition coefficient (Wildman–Crippen LogP) is 2.15. The molecule has 2 nitrogen and oxygen atoms in total. The van der Waals surface area contributed by atoms with Gasteiger partial charge in [-0.25, -0.2) is 0 Å². The van der Waals surface area contributed by atoms with E-state index >= 15 is 0 Å². The van der Waals surface area contributed by atoms with E-state index in [1.165, 1.54) is 31.2 Å². The summed E-state index contributed by atoms with van der Waals surface area (Å²) in [4.78, 5) is 2.78. The normalized spacial score (nSPS) is 39.8. The summed E-state index contributed by atoms with van der Waals surface area (Å²) in [7, 11) is 0. The van der Waals surface area contributed by atoms with E-state index in [0.29, 0.717) is 0 Å². The van der Waals surface area contributed by atoms with Gasteiger partial charge in [0.1, 0.15) is 0 Å². The monoisotopic (exact) mass is 228 g/mol. The Morgan fingerprint density at radius 1 is 0.941 bits per heavy atom. The number of hydrogen-bond donors (Lipinski definition) is 1. The van der Waals surface area contributed by atoms with Crippen molar-refractivity contribution in [1.29, 1.82) is 0 Å². The second-order valence-corrected chi connectivity index (χ2v) is 5.97. The third-order valence-corrected chi connectivity index (χ3v) is 4.84. The molecule has 2 heteroatoms. The summed E-state index contributed by atoms with van der Waals surface area (Å²) in [5.41, 5.74) is 1.48. The molecule has 1 aromatic carbocycles. The molecule has 4 bridgehead atoms. The topological polar surface area (TPSA) is 15.3 Å². The van der Waals surface area contributed by atoms with Gasteiger partial charge < -0.3 is 5.32 Å². The van der Waals surface area contributed by atoms with Crippen molar-refractivity contribution in [2.24, 2.45) is 0 Å². The molecule has 90 valence electrons. The van der Waals surface area contributed by atoms with Gasteiger partial charge in [-0.05, 0) is 31.2 Å². The Labute approximate surface area is 103 Å². The van der Waals surface area contributed by atoms with Gasteiger partial charge in [-0.1, -0.05) is 30.3 Å². The summed E-state index contributed by atoms with van der Waals surface area (Å²) in [5, 5.41) is 3.77. The summed E-state index contributed by atoms with van der Waals surface area (Å²) in [6.45, 7) is 1.16. The molecule has 0 radical (unpaired) electrons. The Morgan fingerprint density at radius 2 is 1.53 bits per heavy atom. The van der Waals surface area contributed by atoms with Gasteiger partial charge in [0.25, 0.3) is 0 Å². The molecule has 0 spiro atoms. The van der Waals surface area contributed by atoms with Gasteiger partial charge in [0.05, 0.1) is 0 Å². The number of rotatable bonds is 2. The summed E-state index contributed by atoms with van der Waals surface area (Å²) < 4.78 is 0. The molecule has 0 unspecified atom stereocenters. The first kappa shape index (κ1) is 10.1. The van der Waals surface area contributed by atoms with Gasteiger partial charge in [-0.3, -0.25) is 4.90 Å². The summed E-state index contributed by atoms with van der Waals surface area (Å²) in [6, 6.07) is 14.3. The molecule has 0 atom stereocenters. The van der Waals surface area contributed by atoms with Crippen molar-refractivity contribution in [1.82, 2.24) is 10.2 Å². The van der Waals surface area contributed by atoms with Crippen LogP contribution in [0.3, 0.4) is 0 Å². The maximum absolute atomic E-state index is 3.77. The molecule has 4 aliphatic heterocycles. The Kier molecular flexibility index (Phi) is 2.27. The lowest BCUT2D eigenvalue weighted by atomic mass is 9.74. The number of nitrogens with zero attached hydrogens (tertiary/aromatic N) is 1. The Bertz CT molecular complexity index is 373. The highest BCUT2D eigenvalue weighted by Crippen LogP contribution is 2.39. The largest absolute Gasteiger partial charge is 0.311 e. The van der Waals surface area contributed by atoms with Crippen molar-refractivity contribution in [3.63, 3.8) is 0 Å². The number of piperidine rings is 4. The van der Waals surface area contributed by atoms with Gasteiger partial charge in [0.2, 0.25) is 0 Å². The Hall–Kier alpha value is -0.860. The van der Waals surface area contributed by atoms with Crippen LogP contribution in [0.2, 0.25) is 0 Å². The number of benzene rings is 1. The van der Waals surface area contributed by atoms with Crippen molar-refractivity contribution in [3.05, 3.63) is 35.9 Å². The molecule has 4 saturated heterocycles. The van der Waals surface area contributed by atoms with Gasteiger partial charge in [0.15, 0.2) is 0 Å². The fourth-order valence-corrected chi connectivity index (χ4v) is 4.20. The molecular formula is C15H20N2. The van der Waals surface area contributed by atoms with Crippen LogP contribution in [0.25, 0.3) is 0 Å².